The van der Waals surface area contributed by atoms with Gasteiger partial charge in [0.25, 0.3) is 0 Å². The van der Waals surface area contributed by atoms with Crippen molar-refractivity contribution >= 4 is 0 Å². The molecule has 0 fully saturated rings. The zero-order valence-corrected chi connectivity index (χ0v) is 14.1. The third-order valence-corrected chi connectivity index (χ3v) is 4.90. The van der Waals surface area contributed by atoms with Crippen LogP contribution >= 0.6 is 0 Å². The molecule has 1 atom stereocenters. The van der Waals surface area contributed by atoms with Crippen molar-refractivity contribution in [3.8, 4) is 5.75 Å². The fraction of sp³-hybridized carbons (Fsp3) is 0.429. The van der Waals surface area contributed by atoms with Crippen LogP contribution in [0.2, 0.25) is 0 Å². The van der Waals surface area contributed by atoms with E-state index >= 15 is 0 Å². The Kier molecular flexibility index (Phi) is 5.71. The second kappa shape index (κ2) is 8.16. The van der Waals surface area contributed by atoms with Gasteiger partial charge in [0.1, 0.15) is 5.75 Å². The highest BCUT2D eigenvalue weighted by molar-refractivity contribution is 5.42. The van der Waals surface area contributed by atoms with Gasteiger partial charge in [0.15, 0.2) is 0 Å². The van der Waals surface area contributed by atoms with E-state index in [9.17, 15) is 0 Å². The summed E-state index contributed by atoms with van der Waals surface area (Å²) in [5.74, 6) is 1.88. The molecule has 0 amide bonds. The molecular weight excluding hydrogens is 282 g/mol. The van der Waals surface area contributed by atoms with Crippen LogP contribution < -0.4 is 10.1 Å². The molecule has 0 saturated carbocycles. The Bertz CT molecular complexity index is 594. The number of methoxy groups -OCH3 is 1. The van der Waals surface area contributed by atoms with Crippen LogP contribution in [0.5, 0.6) is 5.75 Å². The second-order valence-electron chi connectivity index (χ2n) is 6.51. The van der Waals surface area contributed by atoms with Crippen molar-refractivity contribution in [3.05, 3.63) is 65.2 Å². The Labute approximate surface area is 139 Å². The fourth-order valence-electron chi connectivity index (χ4n) is 3.61. The summed E-state index contributed by atoms with van der Waals surface area (Å²) in [5, 5.41) is 3.56. The molecular formula is C21H27NO. The van der Waals surface area contributed by atoms with Crippen LogP contribution in [0.25, 0.3) is 0 Å². The van der Waals surface area contributed by atoms with Crippen molar-refractivity contribution in [2.24, 2.45) is 5.92 Å². The molecule has 1 unspecified atom stereocenters. The van der Waals surface area contributed by atoms with Gasteiger partial charge < -0.3 is 10.1 Å². The Morgan fingerprint density at radius 3 is 2.78 bits per heavy atom. The van der Waals surface area contributed by atoms with Crippen LogP contribution in [0, 0.1) is 5.92 Å². The standard InChI is InChI=1S/C21H27NO/c1-23-21-11-5-10-19-13-12-17(15-20(19)21)9-6-14-22-16-18-7-3-2-4-8-18/h2-5,7-8,10-11,17,22H,6,9,12-16H2,1H3. The largest absolute Gasteiger partial charge is 0.496 e. The summed E-state index contributed by atoms with van der Waals surface area (Å²) in [6.45, 7) is 2.08. The molecule has 1 aliphatic carbocycles. The first-order chi connectivity index (χ1) is 11.4. The lowest BCUT2D eigenvalue weighted by Crippen LogP contribution is -2.19. The third kappa shape index (κ3) is 4.35. The average Bonchev–Trinajstić information content (AvgIpc) is 2.61. The quantitative estimate of drug-likeness (QED) is 0.767. The minimum absolute atomic E-state index is 0.803. The van der Waals surface area contributed by atoms with Crippen LogP contribution in [0.4, 0.5) is 0 Å². The lowest BCUT2D eigenvalue weighted by atomic mass is 9.81. The number of rotatable bonds is 7. The molecule has 0 aliphatic heterocycles. The van der Waals surface area contributed by atoms with E-state index < -0.39 is 0 Å². The fourth-order valence-corrected chi connectivity index (χ4v) is 3.61. The van der Waals surface area contributed by atoms with Crippen molar-refractivity contribution in [1.82, 2.24) is 5.32 Å². The van der Waals surface area contributed by atoms with Crippen molar-refractivity contribution in [3.63, 3.8) is 0 Å². The number of nitrogens with one attached hydrogen (secondary N) is 1. The first-order valence-electron chi connectivity index (χ1n) is 8.76. The van der Waals surface area contributed by atoms with E-state index in [1.807, 2.05) is 0 Å². The zero-order chi connectivity index (χ0) is 15.9. The molecule has 0 radical (unpaired) electrons. The van der Waals surface area contributed by atoms with E-state index in [1.165, 1.54) is 48.8 Å². The molecule has 23 heavy (non-hydrogen) atoms. The molecule has 1 aliphatic rings. The normalized spacial score (nSPS) is 16.8. The van der Waals surface area contributed by atoms with Crippen LogP contribution in [-0.2, 0) is 19.4 Å². The molecule has 2 heteroatoms. The summed E-state index contributed by atoms with van der Waals surface area (Å²) in [7, 11) is 1.78. The van der Waals surface area contributed by atoms with E-state index in [-0.39, 0.29) is 0 Å². The predicted octanol–water partition coefficient (Wildman–Crippen LogP) is 4.37. The predicted molar refractivity (Wildman–Crippen MR) is 95.9 cm³/mol. The minimum Gasteiger partial charge on any atom is -0.496 e. The molecule has 1 N–H and O–H groups in total. The van der Waals surface area contributed by atoms with Crippen molar-refractivity contribution in [1.29, 1.82) is 0 Å². The molecule has 2 aromatic rings. The summed E-state index contributed by atoms with van der Waals surface area (Å²) in [4.78, 5) is 0. The lowest BCUT2D eigenvalue weighted by Gasteiger charge is -2.26. The zero-order valence-electron chi connectivity index (χ0n) is 14.1. The van der Waals surface area contributed by atoms with Gasteiger partial charge in [0.2, 0.25) is 0 Å². The summed E-state index contributed by atoms with van der Waals surface area (Å²) in [6.07, 6.45) is 6.26. The topological polar surface area (TPSA) is 21.3 Å². The highest BCUT2D eigenvalue weighted by Crippen LogP contribution is 2.33. The van der Waals surface area contributed by atoms with E-state index in [0.717, 1.165) is 24.8 Å². The second-order valence-corrected chi connectivity index (χ2v) is 6.51. The SMILES string of the molecule is COc1cccc2c1CC(CCCNCc1ccccc1)CC2. The minimum atomic E-state index is 0.803. The van der Waals surface area contributed by atoms with Gasteiger partial charge in [-0.1, -0.05) is 42.5 Å². The summed E-state index contributed by atoms with van der Waals surface area (Å²) < 4.78 is 5.54. The Balaban J connectivity index is 1.41. The monoisotopic (exact) mass is 309 g/mol. The number of hydrogen-bond acceptors (Lipinski definition) is 2. The third-order valence-electron chi connectivity index (χ3n) is 4.90. The lowest BCUT2D eigenvalue weighted by molar-refractivity contribution is 0.376. The van der Waals surface area contributed by atoms with E-state index in [1.54, 1.807) is 7.11 Å². The molecule has 2 aromatic carbocycles. The van der Waals surface area contributed by atoms with Gasteiger partial charge in [-0.2, -0.15) is 0 Å². The van der Waals surface area contributed by atoms with Gasteiger partial charge >= 0.3 is 0 Å². The number of aryl methyl sites for hydroxylation is 1. The summed E-state index contributed by atoms with van der Waals surface area (Å²) in [6, 6.07) is 17.1. The first-order valence-corrected chi connectivity index (χ1v) is 8.76. The molecule has 0 saturated heterocycles. The Morgan fingerprint density at radius 2 is 1.96 bits per heavy atom. The first kappa shape index (κ1) is 16.1. The maximum Gasteiger partial charge on any atom is 0.122 e. The van der Waals surface area contributed by atoms with Gasteiger partial charge in [-0.05, 0) is 67.3 Å². The smallest absolute Gasteiger partial charge is 0.122 e. The Morgan fingerprint density at radius 1 is 1.09 bits per heavy atom. The van der Waals surface area contributed by atoms with Crippen molar-refractivity contribution in [2.75, 3.05) is 13.7 Å². The number of benzene rings is 2. The van der Waals surface area contributed by atoms with Crippen molar-refractivity contribution < 1.29 is 4.74 Å². The van der Waals surface area contributed by atoms with Gasteiger partial charge in [-0.3, -0.25) is 0 Å². The molecule has 3 rings (SSSR count). The number of hydrogen-bond donors (Lipinski definition) is 1. The van der Waals surface area contributed by atoms with Gasteiger partial charge in [0.05, 0.1) is 7.11 Å². The van der Waals surface area contributed by atoms with Gasteiger partial charge in [-0.15, -0.1) is 0 Å². The highest BCUT2D eigenvalue weighted by atomic mass is 16.5. The summed E-state index contributed by atoms with van der Waals surface area (Å²) in [5.41, 5.74) is 4.30. The maximum atomic E-state index is 5.54. The molecule has 0 bridgehead atoms. The molecule has 0 aromatic heterocycles. The highest BCUT2D eigenvalue weighted by Gasteiger charge is 2.20. The van der Waals surface area contributed by atoms with Crippen molar-refractivity contribution in [2.45, 2.75) is 38.6 Å². The molecule has 2 nitrogen and oxygen atoms in total. The van der Waals surface area contributed by atoms with E-state index in [0.29, 0.717) is 0 Å². The van der Waals surface area contributed by atoms with Gasteiger partial charge in [-0.25, -0.2) is 0 Å². The average molecular weight is 309 g/mol. The Hall–Kier alpha value is -1.80. The molecule has 122 valence electrons. The maximum absolute atomic E-state index is 5.54. The van der Waals surface area contributed by atoms with Crippen LogP contribution in [-0.4, -0.2) is 13.7 Å². The van der Waals surface area contributed by atoms with Crippen LogP contribution in [0.3, 0.4) is 0 Å². The summed E-state index contributed by atoms with van der Waals surface area (Å²) >= 11 is 0. The molecule has 0 spiro atoms. The van der Waals surface area contributed by atoms with E-state index in [4.69, 9.17) is 4.74 Å². The van der Waals surface area contributed by atoms with Crippen LogP contribution in [0.15, 0.2) is 48.5 Å². The number of fused-ring (bicyclic) bond motifs is 1. The van der Waals surface area contributed by atoms with Gasteiger partial charge in [0, 0.05) is 6.54 Å². The van der Waals surface area contributed by atoms with Crippen LogP contribution in [0.1, 0.15) is 36.0 Å². The van der Waals surface area contributed by atoms with E-state index in [2.05, 4.69) is 53.8 Å². The molecule has 0 heterocycles. The number of ether oxygens (including phenoxy) is 1.